The van der Waals surface area contributed by atoms with Gasteiger partial charge in [0.25, 0.3) is 0 Å². The number of anilines is 1. The number of rotatable bonds is 6. The minimum absolute atomic E-state index is 0.109. The fraction of sp³-hybridized carbons (Fsp3) is 0.333. The molecule has 0 amide bonds. The van der Waals surface area contributed by atoms with E-state index in [4.69, 9.17) is 20.5 Å². The summed E-state index contributed by atoms with van der Waals surface area (Å²) in [5.41, 5.74) is 7.05. The molecule has 7 heteroatoms. The number of ether oxygens (including phenoxy) is 2. The molecule has 7 nitrogen and oxygen atoms in total. The summed E-state index contributed by atoms with van der Waals surface area (Å²) in [5.74, 6) is 0.139. The Morgan fingerprint density at radius 2 is 1.92 bits per heavy atom. The minimum atomic E-state index is -0.595. The predicted molar refractivity (Wildman–Crippen MR) is 94.6 cm³/mol. The van der Waals surface area contributed by atoms with E-state index in [-0.39, 0.29) is 16.9 Å². The Labute approximate surface area is 147 Å². The van der Waals surface area contributed by atoms with Crippen molar-refractivity contribution in [3.8, 4) is 17.5 Å². The van der Waals surface area contributed by atoms with Crippen LogP contribution in [0.1, 0.15) is 16.1 Å². The number of carbonyl (C=O) groups is 1. The second-order valence-corrected chi connectivity index (χ2v) is 6.63. The van der Waals surface area contributed by atoms with Gasteiger partial charge in [0.2, 0.25) is 0 Å². The Balaban J connectivity index is 2.25. The lowest BCUT2D eigenvalue weighted by molar-refractivity contribution is -0.870. The van der Waals surface area contributed by atoms with Crippen molar-refractivity contribution >= 4 is 11.7 Å². The zero-order valence-electron chi connectivity index (χ0n) is 14.9. The number of benzene rings is 1. The largest absolute Gasteiger partial charge is 0.488 e. The molecule has 0 saturated heterocycles. The minimum Gasteiger partial charge on any atom is -0.488 e. The molecule has 0 atom stereocenters. The van der Waals surface area contributed by atoms with E-state index in [2.05, 4.69) is 21.1 Å². The number of hydrogen-bond acceptors (Lipinski definition) is 5. The average molecular weight is 343 g/mol. The van der Waals surface area contributed by atoms with Gasteiger partial charge >= 0.3 is 5.97 Å². The molecule has 0 radical (unpaired) electrons. The molecule has 0 aliphatic carbocycles. The van der Waals surface area contributed by atoms with Crippen molar-refractivity contribution in [2.45, 2.75) is 0 Å². The van der Waals surface area contributed by atoms with Crippen molar-refractivity contribution in [1.29, 1.82) is 5.26 Å². The van der Waals surface area contributed by atoms with Crippen molar-refractivity contribution in [3.05, 3.63) is 41.7 Å². The van der Waals surface area contributed by atoms with Gasteiger partial charge in [0, 0.05) is 11.9 Å². The van der Waals surface area contributed by atoms with Crippen molar-refractivity contribution in [2.75, 3.05) is 47.1 Å². The molecule has 0 unspecified atom stereocenters. The van der Waals surface area contributed by atoms with Crippen LogP contribution >= 0.6 is 0 Å². The summed E-state index contributed by atoms with van der Waals surface area (Å²) in [4.78, 5) is 12.0. The molecule has 0 spiro atoms. The number of nitrogen functional groups attached to an aromatic ring is 1. The van der Waals surface area contributed by atoms with E-state index >= 15 is 0 Å². The van der Waals surface area contributed by atoms with Gasteiger partial charge in [-0.25, -0.2) is 4.79 Å². The molecule has 0 saturated carbocycles. The van der Waals surface area contributed by atoms with Crippen LogP contribution in [0.3, 0.4) is 0 Å². The maximum Gasteiger partial charge on any atom is 0.357 e. The molecule has 0 aliphatic heterocycles. The van der Waals surface area contributed by atoms with E-state index < -0.39 is 5.97 Å². The van der Waals surface area contributed by atoms with Crippen LogP contribution in [0.2, 0.25) is 0 Å². The van der Waals surface area contributed by atoms with Crippen LogP contribution in [-0.2, 0) is 4.74 Å². The Morgan fingerprint density at radius 3 is 2.44 bits per heavy atom. The number of quaternary nitrogens is 1. The van der Waals surface area contributed by atoms with Gasteiger partial charge in [-0.1, -0.05) is 0 Å². The maximum absolute atomic E-state index is 12.0. The highest BCUT2D eigenvalue weighted by Crippen LogP contribution is 2.25. The summed E-state index contributed by atoms with van der Waals surface area (Å²) < 4.78 is 12.9. The van der Waals surface area contributed by atoms with E-state index in [1.54, 1.807) is 16.7 Å². The number of likely N-dealkylation sites (N-methyl/N-ethyl adjacent to an activating group) is 1. The molecule has 2 N–H and O–H groups in total. The summed E-state index contributed by atoms with van der Waals surface area (Å²) in [7, 11) is 7.58. The van der Waals surface area contributed by atoms with E-state index in [1.165, 1.54) is 13.3 Å². The number of nitrogens with two attached hydrogens (primary N) is 1. The summed E-state index contributed by atoms with van der Waals surface area (Å²) in [6.07, 6.45) is 1.52. The van der Waals surface area contributed by atoms with Crippen LogP contribution in [0.5, 0.6) is 5.75 Å². The third-order valence-corrected chi connectivity index (χ3v) is 3.69. The number of nitrogens with zero attached hydrogens (tertiary/aromatic N) is 3. The topological polar surface area (TPSA) is 90.3 Å². The smallest absolute Gasteiger partial charge is 0.357 e. The Morgan fingerprint density at radius 1 is 1.28 bits per heavy atom. The van der Waals surface area contributed by atoms with Gasteiger partial charge in [-0.2, -0.15) is 5.26 Å². The molecular weight excluding hydrogens is 320 g/mol. The number of carbonyl (C=O) groups excluding carboxylic acids is 1. The fourth-order valence-corrected chi connectivity index (χ4v) is 2.26. The Kier molecular flexibility index (Phi) is 5.35. The van der Waals surface area contributed by atoms with Gasteiger partial charge < -0.3 is 24.3 Å². The van der Waals surface area contributed by atoms with Crippen molar-refractivity contribution in [3.63, 3.8) is 0 Å². The van der Waals surface area contributed by atoms with E-state index in [0.29, 0.717) is 12.3 Å². The van der Waals surface area contributed by atoms with Crippen LogP contribution in [0.4, 0.5) is 5.69 Å². The molecular formula is C18H23N4O3+. The molecule has 25 heavy (non-hydrogen) atoms. The normalized spacial score (nSPS) is 11.0. The molecule has 0 bridgehead atoms. The first-order valence-corrected chi connectivity index (χ1v) is 7.79. The molecule has 1 aromatic carbocycles. The number of esters is 1. The second-order valence-electron chi connectivity index (χ2n) is 6.63. The Hall–Kier alpha value is -2.98. The van der Waals surface area contributed by atoms with Gasteiger partial charge in [0.1, 0.15) is 25.0 Å². The molecule has 1 heterocycles. The summed E-state index contributed by atoms with van der Waals surface area (Å²) >= 11 is 0. The predicted octanol–water partition coefficient (Wildman–Crippen LogP) is 1.80. The van der Waals surface area contributed by atoms with Crippen LogP contribution in [0.15, 0.2) is 30.5 Å². The fourth-order valence-electron chi connectivity index (χ4n) is 2.26. The SMILES string of the molecule is COC(=O)c1c(N)c(C#N)cn1-c1ccc(OCC[N+](C)(C)C)cc1. The molecule has 0 fully saturated rings. The standard InChI is InChI=1S/C18H22N4O3/c1-22(2,3)9-10-25-15-7-5-14(6-8-15)21-12-13(11-19)16(20)17(21)18(23)24-4/h5-8,12H,9-10H2,1-4H3,(H-,20,23)/p+1. The first-order chi connectivity index (χ1) is 11.8. The molecule has 2 rings (SSSR count). The van der Waals surface area contributed by atoms with Gasteiger partial charge in [0.15, 0.2) is 5.69 Å². The zero-order chi connectivity index (χ0) is 18.6. The monoisotopic (exact) mass is 343 g/mol. The van der Waals surface area contributed by atoms with Crippen LogP contribution < -0.4 is 10.5 Å². The quantitative estimate of drug-likeness (QED) is 0.638. The van der Waals surface area contributed by atoms with Crippen LogP contribution in [0, 0.1) is 11.3 Å². The third kappa shape index (κ3) is 4.31. The van der Waals surface area contributed by atoms with Crippen molar-refractivity contribution < 1.29 is 18.8 Å². The lowest BCUT2D eigenvalue weighted by Crippen LogP contribution is -2.38. The Bertz CT molecular complexity index is 795. The number of hydrogen-bond donors (Lipinski definition) is 1. The summed E-state index contributed by atoms with van der Waals surface area (Å²) in [6, 6.07) is 9.21. The first kappa shape index (κ1) is 18.4. The summed E-state index contributed by atoms with van der Waals surface area (Å²) in [6.45, 7) is 1.49. The van der Waals surface area contributed by atoms with Gasteiger partial charge in [0.05, 0.1) is 39.5 Å². The van der Waals surface area contributed by atoms with Crippen molar-refractivity contribution in [1.82, 2.24) is 4.57 Å². The lowest BCUT2D eigenvalue weighted by atomic mass is 10.2. The van der Waals surface area contributed by atoms with Gasteiger partial charge in [-0.3, -0.25) is 0 Å². The maximum atomic E-state index is 12.0. The highest BCUT2D eigenvalue weighted by atomic mass is 16.5. The lowest BCUT2D eigenvalue weighted by Gasteiger charge is -2.23. The molecule has 1 aromatic heterocycles. The first-order valence-electron chi connectivity index (χ1n) is 7.79. The van der Waals surface area contributed by atoms with Gasteiger partial charge in [-0.15, -0.1) is 0 Å². The number of methoxy groups -OCH3 is 1. The average Bonchev–Trinajstić information content (AvgIpc) is 2.90. The summed E-state index contributed by atoms with van der Waals surface area (Å²) in [5, 5.41) is 9.15. The third-order valence-electron chi connectivity index (χ3n) is 3.69. The molecule has 132 valence electrons. The van der Waals surface area contributed by atoms with Crippen LogP contribution in [0.25, 0.3) is 5.69 Å². The van der Waals surface area contributed by atoms with Crippen molar-refractivity contribution in [2.24, 2.45) is 0 Å². The second kappa shape index (κ2) is 7.28. The van der Waals surface area contributed by atoms with Gasteiger partial charge in [-0.05, 0) is 24.3 Å². The molecule has 0 aliphatic rings. The number of aromatic nitrogens is 1. The van der Waals surface area contributed by atoms with E-state index in [0.717, 1.165) is 16.8 Å². The zero-order valence-corrected chi connectivity index (χ0v) is 14.9. The van der Waals surface area contributed by atoms with E-state index in [1.807, 2.05) is 18.2 Å². The molecule has 2 aromatic rings. The van der Waals surface area contributed by atoms with E-state index in [9.17, 15) is 4.79 Å². The van der Waals surface area contributed by atoms with Crippen LogP contribution in [-0.4, -0.2) is 56.4 Å². The number of nitriles is 1. The highest BCUT2D eigenvalue weighted by molar-refractivity contribution is 5.95. The highest BCUT2D eigenvalue weighted by Gasteiger charge is 2.21.